The normalized spacial score (nSPS) is 16.8. The van der Waals surface area contributed by atoms with Crippen LogP contribution < -0.4 is 5.73 Å². The second-order valence-electron chi connectivity index (χ2n) is 7.26. The lowest BCUT2D eigenvalue weighted by Gasteiger charge is -2.33. The number of hydrogen-bond acceptors (Lipinski definition) is 4. The van der Waals surface area contributed by atoms with E-state index in [0.29, 0.717) is 5.71 Å². The molecule has 2 heterocycles. The highest BCUT2D eigenvalue weighted by Gasteiger charge is 2.25. The summed E-state index contributed by atoms with van der Waals surface area (Å²) in [5.74, 6) is 0.270. The van der Waals surface area contributed by atoms with Gasteiger partial charge < -0.3 is 11.1 Å². The molecule has 0 saturated carbocycles. The zero-order chi connectivity index (χ0) is 19.2. The van der Waals surface area contributed by atoms with Gasteiger partial charge in [-0.25, -0.2) is 0 Å². The summed E-state index contributed by atoms with van der Waals surface area (Å²) in [5, 5.41) is 9.48. The van der Waals surface area contributed by atoms with Crippen molar-refractivity contribution in [1.29, 1.82) is 5.41 Å². The van der Waals surface area contributed by atoms with Crippen LogP contribution in [0.15, 0.2) is 60.1 Å². The molecule has 0 radical (unpaired) electrons. The summed E-state index contributed by atoms with van der Waals surface area (Å²) in [5.41, 5.74) is 10.9. The van der Waals surface area contributed by atoms with Gasteiger partial charge in [-0.05, 0) is 55.6 Å². The largest absolute Gasteiger partial charge is 0.402 e. The number of benzene rings is 1. The van der Waals surface area contributed by atoms with Crippen LogP contribution in [0.25, 0.3) is 0 Å². The molecule has 1 aliphatic rings. The summed E-state index contributed by atoms with van der Waals surface area (Å²) in [7, 11) is 0. The number of pyridine rings is 1. The Balaban J connectivity index is 1.60. The van der Waals surface area contributed by atoms with Gasteiger partial charge in [0, 0.05) is 42.7 Å². The SMILES string of the molecule is CC(N)=C(Cc1ccccc1)C(=N)C1CCN(Cc2ccncc2Cl)CC1. The number of allylic oxidation sites excluding steroid dienone is 2. The maximum atomic E-state index is 8.76. The fourth-order valence-electron chi connectivity index (χ4n) is 3.65. The molecule has 27 heavy (non-hydrogen) atoms. The minimum atomic E-state index is 0.270. The Hall–Kier alpha value is -2.17. The lowest BCUT2D eigenvalue weighted by Crippen LogP contribution is -2.36. The van der Waals surface area contributed by atoms with Crippen molar-refractivity contribution in [2.24, 2.45) is 11.7 Å². The summed E-state index contributed by atoms with van der Waals surface area (Å²) in [6, 6.07) is 12.2. The van der Waals surface area contributed by atoms with Crippen molar-refractivity contribution in [1.82, 2.24) is 9.88 Å². The van der Waals surface area contributed by atoms with Crippen LogP contribution >= 0.6 is 11.6 Å². The van der Waals surface area contributed by atoms with E-state index in [0.717, 1.165) is 60.8 Å². The molecule has 1 aliphatic heterocycles. The predicted molar refractivity (Wildman–Crippen MR) is 112 cm³/mol. The molecule has 3 rings (SSSR count). The quantitative estimate of drug-likeness (QED) is 0.725. The van der Waals surface area contributed by atoms with Gasteiger partial charge in [-0.3, -0.25) is 9.88 Å². The molecular formula is C22H27ClN4. The number of nitrogens with two attached hydrogens (primary N) is 1. The van der Waals surface area contributed by atoms with Crippen LogP contribution in [0.5, 0.6) is 0 Å². The molecule has 1 saturated heterocycles. The minimum Gasteiger partial charge on any atom is -0.402 e. The molecular weight excluding hydrogens is 356 g/mol. The first-order chi connectivity index (χ1) is 13.0. The van der Waals surface area contributed by atoms with E-state index >= 15 is 0 Å². The van der Waals surface area contributed by atoms with Crippen molar-refractivity contribution >= 4 is 17.3 Å². The van der Waals surface area contributed by atoms with Gasteiger partial charge in [-0.2, -0.15) is 0 Å². The molecule has 4 nitrogen and oxygen atoms in total. The molecule has 5 heteroatoms. The highest BCUT2D eigenvalue weighted by molar-refractivity contribution is 6.31. The second kappa shape index (κ2) is 9.16. The molecule has 0 amide bonds. The average Bonchev–Trinajstić information content (AvgIpc) is 2.68. The number of hydrogen-bond donors (Lipinski definition) is 2. The number of halogens is 1. The maximum Gasteiger partial charge on any atom is 0.0634 e. The lowest BCUT2D eigenvalue weighted by atomic mass is 9.85. The molecule has 0 spiro atoms. The third-order valence-corrected chi connectivity index (χ3v) is 5.61. The van der Waals surface area contributed by atoms with Gasteiger partial charge in [0.25, 0.3) is 0 Å². The first-order valence-corrected chi connectivity index (χ1v) is 9.81. The summed E-state index contributed by atoms with van der Waals surface area (Å²) in [6.07, 6.45) is 6.17. The van der Waals surface area contributed by atoms with Gasteiger partial charge in [0.2, 0.25) is 0 Å². The highest BCUT2D eigenvalue weighted by atomic mass is 35.5. The smallest absolute Gasteiger partial charge is 0.0634 e. The fourth-order valence-corrected chi connectivity index (χ4v) is 3.83. The van der Waals surface area contributed by atoms with Crippen LogP contribution in [-0.4, -0.2) is 28.7 Å². The van der Waals surface area contributed by atoms with Gasteiger partial charge in [-0.1, -0.05) is 41.9 Å². The topological polar surface area (TPSA) is 66.0 Å². The van der Waals surface area contributed by atoms with Crippen molar-refractivity contribution < 1.29 is 0 Å². The molecule has 2 aromatic rings. The third-order valence-electron chi connectivity index (χ3n) is 5.27. The van der Waals surface area contributed by atoms with Crippen LogP contribution in [0.3, 0.4) is 0 Å². The van der Waals surface area contributed by atoms with Crippen molar-refractivity contribution in [3.8, 4) is 0 Å². The Morgan fingerprint density at radius 2 is 1.93 bits per heavy atom. The van der Waals surface area contributed by atoms with E-state index in [4.69, 9.17) is 22.7 Å². The molecule has 1 aromatic carbocycles. The predicted octanol–water partition coefficient (Wildman–Crippen LogP) is 4.44. The highest BCUT2D eigenvalue weighted by Crippen LogP contribution is 2.26. The number of likely N-dealkylation sites (tertiary alicyclic amines) is 1. The molecule has 142 valence electrons. The summed E-state index contributed by atoms with van der Waals surface area (Å²) >= 11 is 6.23. The van der Waals surface area contributed by atoms with Crippen molar-refractivity contribution in [2.75, 3.05) is 13.1 Å². The molecule has 0 unspecified atom stereocenters. The summed E-state index contributed by atoms with van der Waals surface area (Å²) in [6.45, 7) is 4.68. The van der Waals surface area contributed by atoms with E-state index in [9.17, 15) is 0 Å². The van der Waals surface area contributed by atoms with Gasteiger partial charge >= 0.3 is 0 Å². The lowest BCUT2D eigenvalue weighted by molar-refractivity contribution is 0.201. The number of piperidine rings is 1. The second-order valence-corrected chi connectivity index (χ2v) is 7.66. The first kappa shape index (κ1) is 19.6. The first-order valence-electron chi connectivity index (χ1n) is 9.43. The van der Waals surface area contributed by atoms with Gasteiger partial charge in [0.05, 0.1) is 5.02 Å². The van der Waals surface area contributed by atoms with Crippen LogP contribution in [-0.2, 0) is 13.0 Å². The Morgan fingerprint density at radius 1 is 1.22 bits per heavy atom. The average molecular weight is 383 g/mol. The van der Waals surface area contributed by atoms with Crippen molar-refractivity contribution in [3.63, 3.8) is 0 Å². The van der Waals surface area contributed by atoms with E-state index < -0.39 is 0 Å². The summed E-state index contributed by atoms with van der Waals surface area (Å²) in [4.78, 5) is 6.45. The van der Waals surface area contributed by atoms with Gasteiger partial charge in [0.15, 0.2) is 0 Å². The number of rotatable bonds is 6. The molecule has 0 aliphatic carbocycles. The van der Waals surface area contributed by atoms with E-state index in [1.807, 2.05) is 31.2 Å². The van der Waals surface area contributed by atoms with Gasteiger partial charge in [0.1, 0.15) is 0 Å². The van der Waals surface area contributed by atoms with E-state index in [-0.39, 0.29) is 5.92 Å². The fraction of sp³-hybridized carbons (Fsp3) is 0.364. The standard InChI is InChI=1S/C22H27ClN4/c1-16(24)20(13-17-5-3-2-4-6-17)22(25)18-8-11-27(12-9-18)15-19-7-10-26-14-21(19)23/h2-7,10,14,18,25H,8-9,11-13,15,24H2,1H3. The molecule has 3 N–H and O–H groups in total. The number of nitrogens with zero attached hydrogens (tertiary/aromatic N) is 2. The number of nitrogens with one attached hydrogen (secondary N) is 1. The Kier molecular flexibility index (Phi) is 6.64. The van der Waals surface area contributed by atoms with Gasteiger partial charge in [-0.15, -0.1) is 0 Å². The van der Waals surface area contributed by atoms with Crippen LogP contribution in [0.4, 0.5) is 0 Å². The third kappa shape index (κ3) is 5.18. The molecule has 0 bridgehead atoms. The monoisotopic (exact) mass is 382 g/mol. The van der Waals surface area contributed by atoms with Crippen molar-refractivity contribution in [3.05, 3.63) is 76.2 Å². The number of aromatic nitrogens is 1. The van der Waals surface area contributed by atoms with Crippen LogP contribution in [0, 0.1) is 11.3 Å². The Bertz CT molecular complexity index is 804. The van der Waals surface area contributed by atoms with E-state index in [1.165, 1.54) is 5.56 Å². The Labute approximate surface area is 166 Å². The minimum absolute atomic E-state index is 0.270. The summed E-state index contributed by atoms with van der Waals surface area (Å²) < 4.78 is 0. The molecule has 1 aromatic heterocycles. The van der Waals surface area contributed by atoms with E-state index in [2.05, 4.69) is 22.0 Å². The molecule has 1 fully saturated rings. The zero-order valence-corrected chi connectivity index (χ0v) is 16.5. The van der Waals surface area contributed by atoms with E-state index in [1.54, 1.807) is 12.4 Å². The zero-order valence-electron chi connectivity index (χ0n) is 15.8. The van der Waals surface area contributed by atoms with Crippen LogP contribution in [0.2, 0.25) is 5.02 Å². The van der Waals surface area contributed by atoms with Crippen molar-refractivity contribution in [2.45, 2.75) is 32.7 Å². The maximum absolute atomic E-state index is 8.76. The van der Waals surface area contributed by atoms with Crippen LogP contribution in [0.1, 0.15) is 30.9 Å². The Morgan fingerprint density at radius 3 is 2.56 bits per heavy atom. The molecule has 0 atom stereocenters.